The Labute approximate surface area is 127 Å². The Morgan fingerprint density at radius 3 is 1.55 bits per heavy atom. The number of hydrogen-bond donors (Lipinski definition) is 1. The van der Waals surface area contributed by atoms with Crippen LogP contribution in [0.3, 0.4) is 0 Å². The number of allylic oxidation sites excluding steroid dienone is 3. The van der Waals surface area contributed by atoms with Crippen LogP contribution in [-0.2, 0) is 0 Å². The summed E-state index contributed by atoms with van der Waals surface area (Å²) < 4.78 is 0. The first-order valence-electron chi connectivity index (χ1n) is 8.84. The quantitative estimate of drug-likeness (QED) is 0.280. The van der Waals surface area contributed by atoms with Crippen LogP contribution < -0.4 is 0 Å². The Kier molecular flexibility index (Phi) is 17.9. The lowest BCUT2D eigenvalue weighted by atomic mass is 10.0. The molecule has 1 heteroatoms. The fourth-order valence-electron chi connectivity index (χ4n) is 2.42. The lowest BCUT2D eigenvalue weighted by Gasteiger charge is -2.02. The zero-order valence-corrected chi connectivity index (χ0v) is 13.7. The molecule has 0 saturated carbocycles. The smallest absolute Gasteiger partial charge is 0.0615 e. The van der Waals surface area contributed by atoms with E-state index < -0.39 is 0 Å². The van der Waals surface area contributed by atoms with Gasteiger partial charge in [-0.1, -0.05) is 102 Å². The number of rotatable bonds is 15. The van der Waals surface area contributed by atoms with Gasteiger partial charge in [0.15, 0.2) is 0 Å². The van der Waals surface area contributed by atoms with Gasteiger partial charge in [0, 0.05) is 0 Å². The molecular formula is C19H36O. The van der Waals surface area contributed by atoms with E-state index in [0.29, 0.717) is 0 Å². The molecular weight excluding hydrogens is 244 g/mol. The number of aliphatic hydroxyl groups excluding tert-OH is 1. The highest BCUT2D eigenvalue weighted by Gasteiger charge is 1.92. The van der Waals surface area contributed by atoms with Crippen molar-refractivity contribution >= 4 is 0 Å². The maximum absolute atomic E-state index is 8.56. The zero-order chi connectivity index (χ0) is 14.7. The predicted molar refractivity (Wildman–Crippen MR) is 91.1 cm³/mol. The van der Waals surface area contributed by atoms with Crippen LogP contribution in [0.5, 0.6) is 0 Å². The summed E-state index contributed by atoms with van der Waals surface area (Å²) in [5, 5.41) is 8.56. The molecule has 1 nitrogen and oxygen atoms in total. The van der Waals surface area contributed by atoms with Crippen molar-refractivity contribution in [2.45, 2.75) is 90.4 Å². The van der Waals surface area contributed by atoms with Gasteiger partial charge in [-0.2, -0.15) is 0 Å². The van der Waals surface area contributed by atoms with Crippen LogP contribution >= 0.6 is 0 Å². The molecule has 0 fully saturated rings. The molecule has 0 spiro atoms. The zero-order valence-electron chi connectivity index (χ0n) is 13.7. The number of aliphatic hydroxyl groups is 1. The van der Waals surface area contributed by atoms with Gasteiger partial charge >= 0.3 is 0 Å². The Hall–Kier alpha value is -0.560. The summed E-state index contributed by atoms with van der Waals surface area (Å²) in [6.45, 7) is 2.42. The van der Waals surface area contributed by atoms with Crippen LogP contribution in [0.25, 0.3) is 0 Å². The van der Waals surface area contributed by atoms with E-state index in [1.165, 1.54) is 83.5 Å². The van der Waals surface area contributed by atoms with Crippen LogP contribution in [0, 0.1) is 0 Å². The Bertz CT molecular complexity index is 218. The van der Waals surface area contributed by atoms with E-state index in [2.05, 4.69) is 13.0 Å². The third kappa shape index (κ3) is 17.4. The minimum Gasteiger partial charge on any atom is -0.392 e. The average molecular weight is 280 g/mol. The molecule has 0 atom stereocenters. The van der Waals surface area contributed by atoms with Crippen molar-refractivity contribution in [3.05, 3.63) is 24.3 Å². The molecule has 0 heterocycles. The Morgan fingerprint density at radius 2 is 1.05 bits per heavy atom. The minimum absolute atomic E-state index is 0.142. The van der Waals surface area contributed by atoms with Crippen molar-refractivity contribution < 1.29 is 5.11 Å². The molecule has 0 radical (unpaired) electrons. The molecule has 0 rings (SSSR count). The molecule has 118 valence electrons. The molecule has 20 heavy (non-hydrogen) atoms. The fourth-order valence-corrected chi connectivity index (χ4v) is 2.42. The van der Waals surface area contributed by atoms with E-state index in [0.717, 1.165) is 0 Å². The topological polar surface area (TPSA) is 20.2 Å². The van der Waals surface area contributed by atoms with Crippen LogP contribution in [0.1, 0.15) is 90.4 Å². The number of unbranched alkanes of at least 4 members (excludes halogenated alkanes) is 12. The second-order valence-electron chi connectivity index (χ2n) is 5.72. The van der Waals surface area contributed by atoms with Crippen molar-refractivity contribution in [2.24, 2.45) is 0 Å². The summed E-state index contributed by atoms with van der Waals surface area (Å²) in [5.74, 6) is 0. The second kappa shape index (κ2) is 18.4. The van der Waals surface area contributed by atoms with Gasteiger partial charge in [-0.15, -0.1) is 0 Å². The van der Waals surface area contributed by atoms with Gasteiger partial charge in [-0.05, 0) is 12.8 Å². The SMILES string of the molecule is CCCCCCCCCCCCCCC=CC=CCO. The van der Waals surface area contributed by atoms with Crippen LogP contribution in [-0.4, -0.2) is 11.7 Å². The van der Waals surface area contributed by atoms with Gasteiger partial charge in [0.1, 0.15) is 0 Å². The highest BCUT2D eigenvalue weighted by molar-refractivity contribution is 5.02. The highest BCUT2D eigenvalue weighted by Crippen LogP contribution is 2.12. The van der Waals surface area contributed by atoms with E-state index in [-0.39, 0.29) is 6.61 Å². The number of hydrogen-bond acceptors (Lipinski definition) is 1. The second-order valence-corrected chi connectivity index (χ2v) is 5.72. The van der Waals surface area contributed by atoms with E-state index in [1.54, 1.807) is 6.08 Å². The lowest BCUT2D eigenvalue weighted by Crippen LogP contribution is -1.82. The van der Waals surface area contributed by atoms with Crippen molar-refractivity contribution in [3.8, 4) is 0 Å². The normalized spacial score (nSPS) is 11.9. The maximum Gasteiger partial charge on any atom is 0.0615 e. The Morgan fingerprint density at radius 1 is 0.600 bits per heavy atom. The predicted octanol–water partition coefficient (Wildman–Crippen LogP) is 6.18. The van der Waals surface area contributed by atoms with Gasteiger partial charge in [0.25, 0.3) is 0 Å². The van der Waals surface area contributed by atoms with Crippen LogP contribution in [0.2, 0.25) is 0 Å². The standard InChI is InChI=1S/C19H36O/c1-2-3-4-5-6-7-8-9-10-11-12-13-14-15-16-17-18-19-20/h15-18,20H,2-14,19H2,1H3. The molecule has 0 aromatic rings. The molecule has 0 aromatic heterocycles. The van der Waals surface area contributed by atoms with Gasteiger partial charge in [0.05, 0.1) is 6.61 Å². The molecule has 0 aliphatic carbocycles. The molecule has 0 unspecified atom stereocenters. The summed E-state index contributed by atoms with van der Waals surface area (Å²) in [4.78, 5) is 0. The van der Waals surface area contributed by atoms with Gasteiger partial charge in [-0.25, -0.2) is 0 Å². The molecule has 0 bridgehead atoms. The third-order valence-corrected chi connectivity index (χ3v) is 3.71. The van der Waals surface area contributed by atoms with E-state index >= 15 is 0 Å². The van der Waals surface area contributed by atoms with Gasteiger partial charge in [-0.3, -0.25) is 0 Å². The molecule has 0 aliphatic rings. The Balaban J connectivity index is 3.02. The fraction of sp³-hybridized carbons (Fsp3) is 0.789. The van der Waals surface area contributed by atoms with Crippen molar-refractivity contribution in [1.29, 1.82) is 0 Å². The largest absolute Gasteiger partial charge is 0.392 e. The maximum atomic E-state index is 8.56. The van der Waals surface area contributed by atoms with Crippen molar-refractivity contribution in [3.63, 3.8) is 0 Å². The van der Waals surface area contributed by atoms with Crippen LogP contribution in [0.15, 0.2) is 24.3 Å². The first-order chi connectivity index (χ1) is 9.91. The van der Waals surface area contributed by atoms with Crippen molar-refractivity contribution in [1.82, 2.24) is 0 Å². The first kappa shape index (κ1) is 19.4. The average Bonchev–Trinajstić information content (AvgIpc) is 2.47. The van der Waals surface area contributed by atoms with Crippen LogP contribution in [0.4, 0.5) is 0 Å². The van der Waals surface area contributed by atoms with Gasteiger partial charge in [0.2, 0.25) is 0 Å². The summed E-state index contributed by atoms with van der Waals surface area (Å²) >= 11 is 0. The highest BCUT2D eigenvalue weighted by atomic mass is 16.2. The van der Waals surface area contributed by atoms with E-state index in [4.69, 9.17) is 5.11 Å². The van der Waals surface area contributed by atoms with Gasteiger partial charge < -0.3 is 5.11 Å². The molecule has 0 aromatic carbocycles. The summed E-state index contributed by atoms with van der Waals surface area (Å²) in [7, 11) is 0. The summed E-state index contributed by atoms with van der Waals surface area (Å²) in [5.41, 5.74) is 0. The molecule has 0 saturated heterocycles. The molecule has 1 N–H and O–H groups in total. The third-order valence-electron chi connectivity index (χ3n) is 3.71. The minimum atomic E-state index is 0.142. The first-order valence-corrected chi connectivity index (χ1v) is 8.84. The lowest BCUT2D eigenvalue weighted by molar-refractivity contribution is 0.343. The molecule has 0 aliphatic heterocycles. The molecule has 0 amide bonds. The monoisotopic (exact) mass is 280 g/mol. The van der Waals surface area contributed by atoms with E-state index in [9.17, 15) is 0 Å². The summed E-state index contributed by atoms with van der Waals surface area (Å²) in [6.07, 6.45) is 26.0. The summed E-state index contributed by atoms with van der Waals surface area (Å²) in [6, 6.07) is 0. The van der Waals surface area contributed by atoms with E-state index in [1.807, 2.05) is 12.2 Å². The van der Waals surface area contributed by atoms with Crippen molar-refractivity contribution in [2.75, 3.05) is 6.61 Å².